The lowest BCUT2D eigenvalue weighted by Crippen LogP contribution is -2.23. The van der Waals surface area contributed by atoms with Crippen LogP contribution in [-0.2, 0) is 4.79 Å². The molecule has 132 valence electrons. The number of phenols is 1. The van der Waals surface area contributed by atoms with Gasteiger partial charge >= 0.3 is 5.97 Å². The third-order valence-electron chi connectivity index (χ3n) is 3.63. The summed E-state index contributed by atoms with van der Waals surface area (Å²) in [6.45, 7) is 0. The van der Waals surface area contributed by atoms with Crippen molar-refractivity contribution < 1.29 is 19.8 Å². The molecule has 0 saturated carbocycles. The van der Waals surface area contributed by atoms with Gasteiger partial charge in [-0.25, -0.2) is 9.79 Å². The van der Waals surface area contributed by atoms with Crippen LogP contribution in [0.1, 0.15) is 15.9 Å². The Morgan fingerprint density at radius 2 is 2.00 bits per heavy atom. The molecule has 0 atom stereocenters. The number of hydrogen-bond acceptors (Lipinski definition) is 5. The van der Waals surface area contributed by atoms with Crippen molar-refractivity contribution in [3.8, 4) is 5.75 Å². The molecule has 2 aromatic carbocycles. The summed E-state index contributed by atoms with van der Waals surface area (Å²) in [6, 6.07) is 11.1. The number of amidine groups is 1. The van der Waals surface area contributed by atoms with E-state index in [0.717, 1.165) is 5.56 Å². The van der Waals surface area contributed by atoms with Gasteiger partial charge in [-0.15, -0.1) is 0 Å². The van der Waals surface area contributed by atoms with Crippen LogP contribution in [0.15, 0.2) is 52.4 Å². The minimum absolute atomic E-state index is 0.211. The number of amides is 1. The fourth-order valence-electron chi connectivity index (χ4n) is 2.27. The highest BCUT2D eigenvalue weighted by molar-refractivity contribution is 8.18. The van der Waals surface area contributed by atoms with Crippen molar-refractivity contribution in [2.75, 3.05) is 7.05 Å². The Morgan fingerprint density at radius 3 is 2.65 bits per heavy atom. The van der Waals surface area contributed by atoms with Gasteiger partial charge < -0.3 is 10.2 Å². The SMILES string of the molecule is CN1C(=O)/C(=C/c2ccccc2Cl)SC1=Nc1ccc(C(=O)O)c(O)c1. The number of carboxylic acids is 1. The Hall–Kier alpha value is -2.77. The molecule has 0 aromatic heterocycles. The minimum atomic E-state index is -1.23. The molecule has 1 saturated heterocycles. The average molecular weight is 389 g/mol. The zero-order valence-electron chi connectivity index (χ0n) is 13.5. The molecule has 6 nitrogen and oxygen atoms in total. The molecule has 0 unspecified atom stereocenters. The maximum Gasteiger partial charge on any atom is 0.339 e. The number of carboxylic acid groups (broad SMARTS) is 1. The topological polar surface area (TPSA) is 90.2 Å². The molecule has 2 N–H and O–H groups in total. The molecular weight excluding hydrogens is 376 g/mol. The molecule has 0 spiro atoms. The number of benzene rings is 2. The van der Waals surface area contributed by atoms with E-state index in [2.05, 4.69) is 4.99 Å². The number of carbonyl (C=O) groups excluding carboxylic acids is 1. The Morgan fingerprint density at radius 1 is 1.27 bits per heavy atom. The van der Waals surface area contributed by atoms with Gasteiger partial charge in [0.2, 0.25) is 0 Å². The first kappa shape index (κ1) is 18.0. The fraction of sp³-hybridized carbons (Fsp3) is 0.0556. The van der Waals surface area contributed by atoms with Gasteiger partial charge in [0, 0.05) is 18.1 Å². The van der Waals surface area contributed by atoms with Crippen LogP contribution >= 0.6 is 23.4 Å². The smallest absolute Gasteiger partial charge is 0.339 e. The second-order valence-corrected chi connectivity index (χ2v) is 6.81. The van der Waals surface area contributed by atoms with E-state index in [9.17, 15) is 14.7 Å². The summed E-state index contributed by atoms with van der Waals surface area (Å²) >= 11 is 7.30. The number of rotatable bonds is 3. The normalized spacial score (nSPS) is 17.3. The fourth-order valence-corrected chi connectivity index (χ4v) is 3.43. The predicted octanol–water partition coefficient (Wildman–Crippen LogP) is 3.98. The van der Waals surface area contributed by atoms with Gasteiger partial charge in [0.05, 0.1) is 10.6 Å². The first-order valence-corrected chi connectivity index (χ1v) is 8.63. The highest BCUT2D eigenvalue weighted by atomic mass is 35.5. The van der Waals surface area contributed by atoms with Gasteiger partial charge in [-0.05, 0) is 41.6 Å². The van der Waals surface area contributed by atoms with Crippen LogP contribution in [0.5, 0.6) is 5.75 Å². The molecule has 26 heavy (non-hydrogen) atoms. The Balaban J connectivity index is 1.92. The van der Waals surface area contributed by atoms with Gasteiger partial charge in [0.25, 0.3) is 5.91 Å². The van der Waals surface area contributed by atoms with Crippen LogP contribution in [0.2, 0.25) is 5.02 Å². The highest BCUT2D eigenvalue weighted by Crippen LogP contribution is 2.35. The van der Waals surface area contributed by atoms with Crippen LogP contribution < -0.4 is 0 Å². The van der Waals surface area contributed by atoms with Crippen molar-refractivity contribution in [2.45, 2.75) is 0 Å². The molecule has 3 rings (SSSR count). The van der Waals surface area contributed by atoms with Crippen LogP contribution in [0.25, 0.3) is 6.08 Å². The lowest BCUT2D eigenvalue weighted by Gasteiger charge is -2.07. The summed E-state index contributed by atoms with van der Waals surface area (Å²) < 4.78 is 0. The maximum atomic E-state index is 12.4. The summed E-state index contributed by atoms with van der Waals surface area (Å²) in [4.78, 5) is 29.5. The van der Waals surface area contributed by atoms with Crippen molar-refractivity contribution in [2.24, 2.45) is 4.99 Å². The zero-order valence-corrected chi connectivity index (χ0v) is 15.1. The summed E-state index contributed by atoms with van der Waals surface area (Å²) in [7, 11) is 1.59. The number of carbonyl (C=O) groups is 2. The van der Waals surface area contributed by atoms with E-state index < -0.39 is 5.97 Å². The third-order valence-corrected chi connectivity index (χ3v) is 5.04. The summed E-state index contributed by atoms with van der Waals surface area (Å²) in [5.41, 5.74) is 0.855. The molecule has 0 radical (unpaired) electrons. The van der Waals surface area contributed by atoms with Crippen LogP contribution in [0.3, 0.4) is 0 Å². The monoisotopic (exact) mass is 388 g/mol. The quantitative estimate of drug-likeness (QED) is 0.776. The first-order chi connectivity index (χ1) is 12.4. The van der Waals surface area contributed by atoms with Gasteiger partial charge in [0.15, 0.2) is 5.17 Å². The second-order valence-electron chi connectivity index (χ2n) is 5.40. The van der Waals surface area contributed by atoms with E-state index in [4.69, 9.17) is 16.7 Å². The molecule has 1 aliphatic rings. The van der Waals surface area contributed by atoms with Gasteiger partial charge in [-0.1, -0.05) is 29.8 Å². The molecule has 1 heterocycles. The Labute approximate surface area is 158 Å². The molecular formula is C18H13ClN2O4S. The summed E-state index contributed by atoms with van der Waals surface area (Å²) in [5, 5.41) is 19.7. The average Bonchev–Trinajstić information content (AvgIpc) is 2.85. The molecule has 8 heteroatoms. The van der Waals surface area contributed by atoms with Gasteiger partial charge in [-0.3, -0.25) is 9.69 Å². The number of hydrogen-bond donors (Lipinski definition) is 2. The number of aromatic hydroxyl groups is 1. The van der Waals surface area contributed by atoms with Crippen molar-refractivity contribution in [1.29, 1.82) is 0 Å². The van der Waals surface area contributed by atoms with Crippen molar-refractivity contribution >= 4 is 52.2 Å². The Bertz CT molecular complexity index is 971. The molecule has 0 aliphatic carbocycles. The van der Waals surface area contributed by atoms with E-state index in [0.29, 0.717) is 20.8 Å². The number of aliphatic imine (C=N–C) groups is 1. The second kappa shape index (κ2) is 7.23. The standard InChI is InChI=1S/C18H13ClN2O4S/c1-21-16(23)15(8-10-4-2-3-5-13(10)19)26-18(21)20-11-6-7-12(17(24)25)14(22)9-11/h2-9,22H,1H3,(H,24,25)/b15-8-,20-18?. The summed E-state index contributed by atoms with van der Waals surface area (Å²) in [6.07, 6.45) is 1.69. The third kappa shape index (κ3) is 3.58. The molecule has 2 aromatic rings. The number of thioether (sulfide) groups is 1. The zero-order chi connectivity index (χ0) is 18.8. The predicted molar refractivity (Wildman–Crippen MR) is 102 cm³/mol. The minimum Gasteiger partial charge on any atom is -0.507 e. The van der Waals surface area contributed by atoms with Gasteiger partial charge in [0.1, 0.15) is 11.3 Å². The van der Waals surface area contributed by atoms with Gasteiger partial charge in [-0.2, -0.15) is 0 Å². The first-order valence-electron chi connectivity index (χ1n) is 7.44. The number of nitrogens with zero attached hydrogens (tertiary/aromatic N) is 2. The maximum absolute atomic E-state index is 12.4. The van der Waals surface area contributed by atoms with Crippen molar-refractivity contribution in [3.63, 3.8) is 0 Å². The lowest BCUT2D eigenvalue weighted by atomic mass is 10.2. The van der Waals surface area contributed by atoms with E-state index in [-0.39, 0.29) is 17.2 Å². The summed E-state index contributed by atoms with van der Waals surface area (Å²) in [5.74, 6) is -1.84. The van der Waals surface area contributed by atoms with Crippen molar-refractivity contribution in [3.05, 3.63) is 63.5 Å². The van der Waals surface area contributed by atoms with E-state index >= 15 is 0 Å². The number of likely N-dealkylation sites (N-methyl/N-ethyl adjacent to an activating group) is 1. The largest absolute Gasteiger partial charge is 0.507 e. The number of halogens is 1. The van der Waals surface area contributed by atoms with Crippen molar-refractivity contribution in [1.82, 2.24) is 4.90 Å². The Kier molecular flexibility index (Phi) is 5.01. The van der Waals surface area contributed by atoms with Crippen LogP contribution in [0.4, 0.5) is 5.69 Å². The molecule has 1 fully saturated rings. The van der Waals surface area contributed by atoms with E-state index in [1.807, 2.05) is 6.07 Å². The molecule has 1 amide bonds. The van der Waals surface area contributed by atoms with E-state index in [1.54, 1.807) is 31.3 Å². The lowest BCUT2D eigenvalue weighted by molar-refractivity contribution is -0.121. The molecule has 1 aliphatic heterocycles. The molecule has 0 bridgehead atoms. The number of aromatic carboxylic acids is 1. The highest BCUT2D eigenvalue weighted by Gasteiger charge is 2.30. The van der Waals surface area contributed by atoms with Crippen LogP contribution in [-0.4, -0.2) is 39.2 Å². The van der Waals surface area contributed by atoms with Crippen LogP contribution in [0, 0.1) is 0 Å². The van der Waals surface area contributed by atoms with E-state index in [1.165, 1.54) is 34.9 Å².